The zero-order valence-corrected chi connectivity index (χ0v) is 19.4. The molecule has 0 saturated heterocycles. The molecule has 0 unspecified atom stereocenters. The molecule has 30 heavy (non-hydrogen) atoms. The molecule has 0 radical (unpaired) electrons. The topological polar surface area (TPSA) is 40.5 Å². The van der Waals surface area contributed by atoms with Crippen LogP contribution in [0, 0.1) is 13.8 Å². The molecule has 2 heterocycles. The van der Waals surface area contributed by atoms with Crippen molar-refractivity contribution >= 4 is 45.9 Å². The summed E-state index contributed by atoms with van der Waals surface area (Å²) in [5.41, 5.74) is -0.956. The number of benzene rings is 2. The fourth-order valence-electron chi connectivity index (χ4n) is 4.43. The number of thiophene rings is 2. The SMILES string of the molecule is Cc1ccc([C@]2(O)c3cccc(Cl)c3[C@](O)(c3ccc(C)s3)c3cccc(Cl)c32)s1. The van der Waals surface area contributed by atoms with Gasteiger partial charge in [0.15, 0.2) is 11.2 Å². The highest BCUT2D eigenvalue weighted by Gasteiger charge is 2.53. The Balaban J connectivity index is 1.97. The zero-order chi connectivity index (χ0) is 21.3. The van der Waals surface area contributed by atoms with Crippen LogP contribution in [0.3, 0.4) is 0 Å². The molecule has 2 nitrogen and oxygen atoms in total. The molecule has 4 aromatic rings. The summed E-state index contributed by atoms with van der Waals surface area (Å²) >= 11 is 16.4. The van der Waals surface area contributed by atoms with Gasteiger partial charge >= 0.3 is 0 Å². The molecule has 6 heteroatoms. The maximum absolute atomic E-state index is 12.3. The van der Waals surface area contributed by atoms with Gasteiger partial charge in [-0.25, -0.2) is 0 Å². The van der Waals surface area contributed by atoms with Gasteiger partial charge in [-0.2, -0.15) is 0 Å². The minimum atomic E-state index is -1.52. The summed E-state index contributed by atoms with van der Waals surface area (Å²) in [5, 5.41) is 25.4. The normalized spacial score (nSPS) is 22.6. The molecule has 0 fully saturated rings. The van der Waals surface area contributed by atoms with Crippen molar-refractivity contribution < 1.29 is 10.2 Å². The van der Waals surface area contributed by atoms with Crippen molar-refractivity contribution in [1.29, 1.82) is 0 Å². The lowest BCUT2D eigenvalue weighted by Gasteiger charge is -2.44. The number of hydrogen-bond acceptors (Lipinski definition) is 4. The van der Waals surface area contributed by atoms with E-state index in [-0.39, 0.29) is 0 Å². The van der Waals surface area contributed by atoms with Crippen molar-refractivity contribution in [2.24, 2.45) is 0 Å². The lowest BCUT2D eigenvalue weighted by Crippen LogP contribution is -2.44. The average molecular weight is 473 g/mol. The van der Waals surface area contributed by atoms with Crippen molar-refractivity contribution in [3.8, 4) is 0 Å². The molecule has 2 aromatic carbocycles. The molecule has 0 amide bonds. The molecule has 2 atom stereocenters. The van der Waals surface area contributed by atoms with Crippen molar-refractivity contribution in [3.05, 3.63) is 112 Å². The third-order valence-corrected chi connectivity index (χ3v) is 8.57. The molecule has 1 aliphatic rings. The first-order chi connectivity index (χ1) is 14.3. The standard InChI is InChI=1S/C24H18Cl2O2S2/c1-13-9-11-19(29-13)23(27)15-5-3-8-18(26)22(15)24(28,20-12-10-14(2)30-20)16-6-4-7-17(25)21(16)23/h3-12,27-28H,1-2H3/t23-,24-/m1/s1. The second kappa shape index (κ2) is 6.92. The van der Waals surface area contributed by atoms with Crippen LogP contribution in [-0.4, -0.2) is 10.2 Å². The van der Waals surface area contributed by atoms with Crippen LogP contribution >= 0.6 is 45.9 Å². The van der Waals surface area contributed by atoms with Gasteiger partial charge in [-0.05, 0) is 50.2 Å². The number of rotatable bonds is 2. The highest BCUT2D eigenvalue weighted by atomic mass is 35.5. The number of fused-ring (bicyclic) bond motifs is 2. The molecule has 0 bridgehead atoms. The largest absolute Gasteiger partial charge is 0.375 e. The molecular weight excluding hydrogens is 455 g/mol. The summed E-state index contributed by atoms with van der Waals surface area (Å²) < 4.78 is 0. The second-order valence-electron chi connectivity index (χ2n) is 7.57. The first kappa shape index (κ1) is 20.3. The summed E-state index contributed by atoms with van der Waals surface area (Å²) in [6.45, 7) is 4.00. The number of hydrogen-bond donors (Lipinski definition) is 2. The van der Waals surface area contributed by atoms with Crippen molar-refractivity contribution in [3.63, 3.8) is 0 Å². The van der Waals surface area contributed by atoms with Crippen LogP contribution in [0.5, 0.6) is 0 Å². The van der Waals surface area contributed by atoms with E-state index >= 15 is 0 Å². The molecule has 0 spiro atoms. The molecule has 152 valence electrons. The molecule has 5 rings (SSSR count). The van der Waals surface area contributed by atoms with Crippen molar-refractivity contribution in [2.45, 2.75) is 25.0 Å². The lowest BCUT2D eigenvalue weighted by molar-refractivity contribution is 0.0788. The number of aliphatic hydroxyl groups is 2. The highest BCUT2D eigenvalue weighted by Crippen LogP contribution is 2.57. The minimum absolute atomic E-state index is 0.401. The van der Waals surface area contributed by atoms with Gasteiger partial charge in [0.25, 0.3) is 0 Å². The third kappa shape index (κ3) is 2.62. The van der Waals surface area contributed by atoms with Gasteiger partial charge in [-0.3, -0.25) is 0 Å². The Bertz CT molecular complexity index is 1190. The molecule has 2 aromatic heterocycles. The van der Waals surface area contributed by atoms with Gasteiger partial charge in [0, 0.05) is 51.8 Å². The van der Waals surface area contributed by atoms with Gasteiger partial charge in [0.05, 0.1) is 0 Å². The van der Waals surface area contributed by atoms with Gasteiger partial charge in [-0.1, -0.05) is 47.5 Å². The van der Waals surface area contributed by atoms with Gasteiger partial charge in [0.1, 0.15) is 0 Å². The Kier molecular flexibility index (Phi) is 4.67. The van der Waals surface area contributed by atoms with Crippen LogP contribution in [0.1, 0.15) is 41.8 Å². The maximum Gasteiger partial charge on any atom is 0.151 e. The van der Waals surface area contributed by atoms with Gasteiger partial charge < -0.3 is 10.2 Å². The van der Waals surface area contributed by atoms with E-state index in [4.69, 9.17) is 23.2 Å². The van der Waals surface area contributed by atoms with E-state index in [1.807, 2.05) is 50.2 Å². The van der Waals surface area contributed by atoms with Crippen LogP contribution in [0.2, 0.25) is 10.0 Å². The number of halogens is 2. The van der Waals surface area contributed by atoms with Crippen molar-refractivity contribution in [1.82, 2.24) is 0 Å². The Morgan fingerprint density at radius 1 is 0.633 bits per heavy atom. The zero-order valence-electron chi connectivity index (χ0n) is 16.2. The Labute approximate surface area is 193 Å². The Morgan fingerprint density at radius 2 is 1.03 bits per heavy atom. The summed E-state index contributed by atoms with van der Waals surface area (Å²) in [6.07, 6.45) is 0. The first-order valence-electron chi connectivity index (χ1n) is 9.45. The van der Waals surface area contributed by atoms with Crippen LogP contribution in [0.25, 0.3) is 0 Å². The monoisotopic (exact) mass is 472 g/mol. The highest BCUT2D eigenvalue weighted by molar-refractivity contribution is 7.12. The van der Waals surface area contributed by atoms with Gasteiger partial charge in [0.2, 0.25) is 0 Å². The predicted molar refractivity (Wildman–Crippen MR) is 125 cm³/mol. The average Bonchev–Trinajstić information content (AvgIpc) is 3.35. The minimum Gasteiger partial charge on any atom is -0.375 e. The second-order valence-corrected chi connectivity index (χ2v) is 11.0. The van der Waals surface area contributed by atoms with Crippen molar-refractivity contribution in [2.75, 3.05) is 0 Å². The van der Waals surface area contributed by atoms with E-state index < -0.39 is 11.2 Å². The molecule has 0 aliphatic heterocycles. The van der Waals surface area contributed by atoms with Crippen LogP contribution in [-0.2, 0) is 11.2 Å². The van der Waals surface area contributed by atoms with Gasteiger partial charge in [-0.15, -0.1) is 22.7 Å². The lowest BCUT2D eigenvalue weighted by atomic mass is 9.66. The van der Waals surface area contributed by atoms with Crippen LogP contribution in [0.15, 0.2) is 60.7 Å². The third-order valence-electron chi connectivity index (χ3n) is 5.72. The fraction of sp³-hybridized carbons (Fsp3) is 0.167. The smallest absolute Gasteiger partial charge is 0.151 e. The molecular formula is C24H18Cl2O2S2. The predicted octanol–water partition coefficient (Wildman–Crippen LogP) is 6.62. The maximum atomic E-state index is 12.3. The van der Waals surface area contributed by atoms with E-state index in [9.17, 15) is 10.2 Å². The summed E-state index contributed by atoms with van der Waals surface area (Å²) in [4.78, 5) is 3.63. The Morgan fingerprint density at radius 3 is 1.37 bits per heavy atom. The van der Waals surface area contributed by atoms with Crippen LogP contribution in [0.4, 0.5) is 0 Å². The van der Waals surface area contributed by atoms with Crippen LogP contribution < -0.4 is 0 Å². The number of aryl methyl sites for hydroxylation is 2. The van der Waals surface area contributed by atoms with E-state index in [0.29, 0.717) is 32.3 Å². The van der Waals surface area contributed by atoms with E-state index in [1.165, 1.54) is 22.7 Å². The summed E-state index contributed by atoms with van der Waals surface area (Å²) in [7, 11) is 0. The molecule has 0 saturated carbocycles. The summed E-state index contributed by atoms with van der Waals surface area (Å²) in [6, 6.07) is 18.5. The fourth-order valence-corrected chi connectivity index (χ4v) is 7.01. The Hall–Kier alpha value is -1.66. The molecule has 2 N–H and O–H groups in total. The van der Waals surface area contributed by atoms with E-state index in [2.05, 4.69) is 0 Å². The quantitative estimate of drug-likeness (QED) is 0.344. The molecule has 1 aliphatic carbocycles. The van der Waals surface area contributed by atoms with E-state index in [0.717, 1.165) is 19.5 Å². The van der Waals surface area contributed by atoms with E-state index in [1.54, 1.807) is 24.3 Å². The first-order valence-corrected chi connectivity index (χ1v) is 11.8. The summed E-state index contributed by atoms with van der Waals surface area (Å²) in [5.74, 6) is 0.